The topological polar surface area (TPSA) is 307 Å². The van der Waals surface area contributed by atoms with Gasteiger partial charge in [-0.2, -0.15) is 0 Å². The van der Waals surface area contributed by atoms with Crippen LogP contribution in [0.3, 0.4) is 0 Å². The maximum atomic E-state index is 13.5. The van der Waals surface area contributed by atoms with Crippen LogP contribution in [0.15, 0.2) is 0 Å². The zero-order chi connectivity index (χ0) is 74.6. The number of carbonyl (C=O) groups excluding carboxylic acids is 1. The van der Waals surface area contributed by atoms with Crippen molar-refractivity contribution in [3.63, 3.8) is 0 Å². The summed E-state index contributed by atoms with van der Waals surface area (Å²) in [5.74, 6) is -0.231. The van der Waals surface area contributed by atoms with Crippen LogP contribution in [0.1, 0.15) is 399 Å². The maximum absolute atomic E-state index is 13.5. The molecule has 19 nitrogen and oxygen atoms in total. The molecule has 0 bridgehead atoms. The van der Waals surface area contributed by atoms with Crippen molar-refractivity contribution in [3.05, 3.63) is 0 Å². The molecule has 0 aliphatic carbocycles. The number of nitrogens with one attached hydrogen (secondary N) is 1. The van der Waals surface area contributed by atoms with E-state index in [1.807, 2.05) is 0 Å². The highest BCUT2D eigenvalue weighted by Crippen LogP contribution is 2.34. The van der Waals surface area contributed by atoms with Crippen LogP contribution in [0.2, 0.25) is 0 Å². The van der Waals surface area contributed by atoms with Crippen molar-refractivity contribution in [1.29, 1.82) is 0 Å². The number of rotatable bonds is 72. The first-order valence-electron chi connectivity index (χ1n) is 43.8. The molecule has 0 aromatic heterocycles. The normalized spacial score (nSPS) is 25.9. The Morgan fingerprint density at radius 3 is 0.845 bits per heavy atom. The molecule has 19 heteroatoms. The number of carbonyl (C=O) groups is 1. The zero-order valence-electron chi connectivity index (χ0n) is 65.8. The lowest BCUT2D eigenvalue weighted by molar-refractivity contribution is -0.379. The molecule has 12 N–H and O–H groups in total. The van der Waals surface area contributed by atoms with Crippen LogP contribution >= 0.6 is 0 Å². The third-order valence-electron chi connectivity index (χ3n) is 22.4. The molecule has 17 unspecified atom stereocenters. The van der Waals surface area contributed by atoms with Crippen molar-refractivity contribution in [2.75, 3.05) is 26.4 Å². The molecule has 3 heterocycles. The summed E-state index contributed by atoms with van der Waals surface area (Å²) in [6.07, 6.45) is 50.8. The van der Waals surface area contributed by atoms with Crippen LogP contribution in [0.25, 0.3) is 0 Å². The van der Waals surface area contributed by atoms with Crippen molar-refractivity contribution < 1.29 is 89.4 Å². The second kappa shape index (κ2) is 65.5. The van der Waals surface area contributed by atoms with Gasteiger partial charge >= 0.3 is 0 Å². The predicted octanol–water partition coefficient (Wildman–Crippen LogP) is 15.7. The van der Waals surface area contributed by atoms with Gasteiger partial charge in [0.05, 0.1) is 38.6 Å². The van der Waals surface area contributed by atoms with E-state index in [-0.39, 0.29) is 18.9 Å². The molecule has 0 radical (unpaired) electrons. The summed E-state index contributed by atoms with van der Waals surface area (Å²) in [6.45, 7) is 1.88. The third-order valence-corrected chi connectivity index (χ3v) is 22.4. The van der Waals surface area contributed by atoms with E-state index in [9.17, 15) is 61.0 Å². The van der Waals surface area contributed by atoms with Crippen molar-refractivity contribution in [2.24, 2.45) is 0 Å². The first-order valence-corrected chi connectivity index (χ1v) is 43.8. The summed E-state index contributed by atoms with van der Waals surface area (Å²) in [4.78, 5) is 13.5. The largest absolute Gasteiger partial charge is 0.394 e. The van der Waals surface area contributed by atoms with Crippen LogP contribution in [0, 0.1) is 0 Å². The first kappa shape index (κ1) is 96.0. The van der Waals surface area contributed by atoms with E-state index in [1.54, 1.807) is 0 Å². The van der Waals surface area contributed by atoms with Crippen LogP contribution in [0.5, 0.6) is 0 Å². The van der Waals surface area contributed by atoms with E-state index in [2.05, 4.69) is 19.2 Å². The summed E-state index contributed by atoms with van der Waals surface area (Å²) in [6, 6.07) is -0.884. The number of hydrogen-bond donors (Lipinski definition) is 12. The van der Waals surface area contributed by atoms with Gasteiger partial charge in [-0.1, -0.05) is 380 Å². The number of ether oxygens (including phenoxy) is 6. The molecule has 1 amide bonds. The third kappa shape index (κ3) is 45.0. The lowest BCUT2D eigenvalue weighted by atomic mass is 9.96. The second-order valence-corrected chi connectivity index (χ2v) is 31.7. The minimum absolute atomic E-state index is 0.231. The van der Waals surface area contributed by atoms with Gasteiger partial charge in [-0.3, -0.25) is 4.79 Å². The van der Waals surface area contributed by atoms with Crippen molar-refractivity contribution in [1.82, 2.24) is 5.32 Å². The van der Waals surface area contributed by atoms with E-state index in [0.717, 1.165) is 44.9 Å². The SMILES string of the molecule is CCCCCCCCCCCCCCCCCCCCCCCCCCCCCCCCCCCCCCC(=O)NC(COC1OC(CO)C(OC2OC(CO)C(OC3OC(CO)C(O)C(O)C3O)C(O)C2O)C(O)C1O)C(O)CCCCCCCCCCCCCCCCCCCCCCCC. The van der Waals surface area contributed by atoms with E-state index in [0.29, 0.717) is 12.8 Å². The van der Waals surface area contributed by atoms with Gasteiger partial charge in [0.1, 0.15) is 73.2 Å². The maximum Gasteiger partial charge on any atom is 0.220 e. The Kier molecular flexibility index (Phi) is 61.0. The van der Waals surface area contributed by atoms with Crippen LogP contribution in [0.4, 0.5) is 0 Å². The second-order valence-electron chi connectivity index (χ2n) is 31.7. The molecule has 0 aromatic rings. The molecule has 0 aromatic carbocycles. The Morgan fingerprint density at radius 2 is 0.553 bits per heavy atom. The average Bonchev–Trinajstić information content (AvgIpc) is 0.781. The lowest BCUT2D eigenvalue weighted by Crippen LogP contribution is -2.66. The quantitative estimate of drug-likeness (QED) is 0.0252. The standard InChI is InChI=1S/C84H163NO18/c1-3-5-7-9-11-13-15-17-19-21-23-25-27-28-29-30-31-32-33-34-35-36-37-38-39-40-42-44-46-48-50-52-54-56-58-60-62-72(90)85-67(68(89)61-59-57-55-53-51-49-47-45-43-41-26-24-22-20-18-16-14-12-10-8-6-4-2)66-98-82-78(96)75(93)80(70(64-87)100-82)103-84-79(97)76(94)81(71(65-88)101-84)102-83-77(95)74(92)73(91)69(63-86)99-83/h67-71,73-84,86-89,91-97H,3-66H2,1-2H3,(H,85,90). The number of aliphatic hydroxyl groups excluding tert-OH is 11. The molecule has 0 saturated carbocycles. The summed E-state index contributed by atoms with van der Waals surface area (Å²) in [7, 11) is 0. The van der Waals surface area contributed by atoms with Crippen molar-refractivity contribution in [2.45, 2.75) is 503 Å². The minimum atomic E-state index is -1.97. The van der Waals surface area contributed by atoms with Gasteiger partial charge in [0.25, 0.3) is 0 Å². The van der Waals surface area contributed by atoms with Gasteiger partial charge < -0.3 is 89.9 Å². The summed E-state index contributed by atoms with van der Waals surface area (Å²) < 4.78 is 34.6. The van der Waals surface area contributed by atoms with E-state index in [1.165, 1.54) is 321 Å². The molecule has 17 atom stereocenters. The molecular weight excluding hydrogens is 1310 g/mol. The Morgan fingerprint density at radius 1 is 0.311 bits per heavy atom. The fourth-order valence-electron chi connectivity index (χ4n) is 15.4. The van der Waals surface area contributed by atoms with Crippen molar-refractivity contribution >= 4 is 5.91 Å². The molecule has 3 aliphatic heterocycles. The van der Waals surface area contributed by atoms with Gasteiger partial charge in [-0.05, 0) is 12.8 Å². The van der Waals surface area contributed by atoms with Crippen molar-refractivity contribution in [3.8, 4) is 0 Å². The fourth-order valence-corrected chi connectivity index (χ4v) is 15.4. The van der Waals surface area contributed by atoms with Gasteiger partial charge in [-0.15, -0.1) is 0 Å². The smallest absolute Gasteiger partial charge is 0.220 e. The Hall–Kier alpha value is -1.21. The van der Waals surface area contributed by atoms with Gasteiger partial charge in [0, 0.05) is 6.42 Å². The van der Waals surface area contributed by atoms with Gasteiger partial charge in [0.2, 0.25) is 5.91 Å². The summed E-state index contributed by atoms with van der Waals surface area (Å²) >= 11 is 0. The molecule has 103 heavy (non-hydrogen) atoms. The highest BCUT2D eigenvalue weighted by molar-refractivity contribution is 5.76. The zero-order valence-corrected chi connectivity index (χ0v) is 65.8. The monoisotopic (exact) mass is 1470 g/mol. The highest BCUT2D eigenvalue weighted by atomic mass is 16.8. The van der Waals surface area contributed by atoms with E-state index < -0.39 is 124 Å². The molecule has 0 spiro atoms. The van der Waals surface area contributed by atoms with Crippen LogP contribution < -0.4 is 5.32 Å². The number of aliphatic hydroxyl groups is 11. The Balaban J connectivity index is 1.31. The first-order chi connectivity index (χ1) is 50.3. The minimum Gasteiger partial charge on any atom is -0.394 e. The van der Waals surface area contributed by atoms with Crippen LogP contribution in [-0.4, -0.2) is 193 Å². The lowest BCUT2D eigenvalue weighted by Gasteiger charge is -2.48. The summed E-state index contributed by atoms with van der Waals surface area (Å²) in [5, 5.41) is 121. The summed E-state index contributed by atoms with van der Waals surface area (Å²) in [5.41, 5.74) is 0. The van der Waals surface area contributed by atoms with Gasteiger partial charge in [-0.25, -0.2) is 0 Å². The van der Waals surface area contributed by atoms with E-state index >= 15 is 0 Å². The average molecular weight is 1480 g/mol. The van der Waals surface area contributed by atoms with Gasteiger partial charge in [0.15, 0.2) is 18.9 Å². The predicted molar refractivity (Wildman–Crippen MR) is 411 cm³/mol. The number of amides is 1. The Labute approximate surface area is 627 Å². The molecule has 612 valence electrons. The molecule has 3 fully saturated rings. The molecular formula is C84H163NO18. The Bertz CT molecular complexity index is 1860. The van der Waals surface area contributed by atoms with Crippen LogP contribution in [-0.2, 0) is 33.2 Å². The van der Waals surface area contributed by atoms with E-state index in [4.69, 9.17) is 28.4 Å². The fraction of sp³-hybridized carbons (Fsp3) is 0.988. The number of unbranched alkanes of at least 4 members (excludes halogenated alkanes) is 56. The molecule has 3 rings (SSSR count). The highest BCUT2D eigenvalue weighted by Gasteiger charge is 2.54. The molecule has 3 aliphatic rings. The molecule has 3 saturated heterocycles. The number of hydrogen-bond acceptors (Lipinski definition) is 18.